The Hall–Kier alpha value is -3.31. The topological polar surface area (TPSA) is 45.6 Å². The molecule has 4 aromatic rings. The first-order valence-corrected chi connectivity index (χ1v) is 9.79. The number of aryl methyl sites for hydroxylation is 2. The van der Waals surface area contributed by atoms with Crippen LogP contribution in [0.5, 0.6) is 0 Å². The third-order valence-corrected chi connectivity index (χ3v) is 5.32. The second-order valence-electron chi connectivity index (χ2n) is 6.61. The highest BCUT2D eigenvalue weighted by atomic mass is 32.1. The van der Waals surface area contributed by atoms with Gasteiger partial charge in [0.25, 0.3) is 5.91 Å². The fourth-order valence-corrected chi connectivity index (χ4v) is 3.80. The van der Waals surface area contributed by atoms with Gasteiger partial charge in [0.1, 0.15) is 0 Å². The number of hydrogen-bond acceptors (Lipinski definition) is 4. The van der Waals surface area contributed by atoms with Gasteiger partial charge in [-0.05, 0) is 49.2 Å². The van der Waals surface area contributed by atoms with Crippen LogP contribution >= 0.6 is 11.3 Å². The Balaban J connectivity index is 1.75. The maximum atomic E-state index is 13.1. The molecule has 1 amide bonds. The lowest BCUT2D eigenvalue weighted by molar-refractivity contribution is 0.0988. The van der Waals surface area contributed by atoms with Crippen molar-refractivity contribution in [2.45, 2.75) is 13.8 Å². The van der Waals surface area contributed by atoms with Gasteiger partial charge in [0, 0.05) is 5.56 Å². The first-order chi connectivity index (χ1) is 13.6. The standard InChI is InChI=1S/C23H19N3OS/c1-16-8-11-18(12-9-16)15-24-26(22(27)19-6-4-3-5-7-19)23-25-20-13-10-17(2)14-21(20)28-23/h3-15H,1-2H3/b24-15+. The van der Waals surface area contributed by atoms with Gasteiger partial charge in [0.15, 0.2) is 0 Å². The zero-order valence-corrected chi connectivity index (χ0v) is 16.5. The minimum Gasteiger partial charge on any atom is -0.267 e. The van der Waals surface area contributed by atoms with Crippen molar-refractivity contribution in [2.75, 3.05) is 5.01 Å². The molecule has 4 rings (SSSR count). The van der Waals surface area contributed by atoms with Gasteiger partial charge in [-0.25, -0.2) is 4.98 Å². The van der Waals surface area contributed by atoms with Crippen LogP contribution in [0.1, 0.15) is 27.0 Å². The summed E-state index contributed by atoms with van der Waals surface area (Å²) in [6.07, 6.45) is 1.69. The monoisotopic (exact) mass is 385 g/mol. The molecule has 0 radical (unpaired) electrons. The summed E-state index contributed by atoms with van der Waals surface area (Å²) in [6.45, 7) is 4.08. The molecule has 0 aliphatic rings. The number of rotatable bonds is 4. The van der Waals surface area contributed by atoms with E-state index in [4.69, 9.17) is 0 Å². The molecule has 28 heavy (non-hydrogen) atoms. The van der Waals surface area contributed by atoms with Crippen LogP contribution in [0.4, 0.5) is 5.13 Å². The van der Waals surface area contributed by atoms with E-state index in [1.54, 1.807) is 18.3 Å². The number of hydrazone groups is 1. The molecule has 0 saturated heterocycles. The zero-order chi connectivity index (χ0) is 19.5. The van der Waals surface area contributed by atoms with Crippen LogP contribution in [-0.4, -0.2) is 17.1 Å². The molecular weight excluding hydrogens is 366 g/mol. The van der Waals surface area contributed by atoms with Crippen LogP contribution in [0.25, 0.3) is 10.2 Å². The van der Waals surface area contributed by atoms with E-state index in [2.05, 4.69) is 16.2 Å². The van der Waals surface area contributed by atoms with Gasteiger partial charge < -0.3 is 0 Å². The summed E-state index contributed by atoms with van der Waals surface area (Å²) < 4.78 is 1.03. The number of hydrogen-bond donors (Lipinski definition) is 0. The molecule has 1 aromatic heterocycles. The van der Waals surface area contributed by atoms with Gasteiger partial charge in [-0.1, -0.05) is 65.4 Å². The minimum absolute atomic E-state index is 0.209. The lowest BCUT2D eigenvalue weighted by Gasteiger charge is -2.13. The van der Waals surface area contributed by atoms with Gasteiger partial charge in [-0.3, -0.25) is 4.79 Å². The molecule has 0 unspecified atom stereocenters. The predicted octanol–water partition coefficient (Wildman–Crippen LogP) is 5.59. The number of nitrogens with zero attached hydrogens (tertiary/aromatic N) is 3. The molecule has 0 spiro atoms. The average molecular weight is 385 g/mol. The molecule has 0 aliphatic carbocycles. The Morgan fingerprint density at radius 1 is 0.964 bits per heavy atom. The van der Waals surface area contributed by atoms with Crippen molar-refractivity contribution < 1.29 is 4.79 Å². The number of anilines is 1. The van der Waals surface area contributed by atoms with Crippen molar-refractivity contribution in [3.8, 4) is 0 Å². The van der Waals surface area contributed by atoms with Crippen LogP contribution in [0, 0.1) is 13.8 Å². The SMILES string of the molecule is Cc1ccc(/C=N/N(C(=O)c2ccccc2)c2nc3ccc(C)cc3s2)cc1. The van der Waals surface area contributed by atoms with E-state index in [-0.39, 0.29) is 5.91 Å². The van der Waals surface area contributed by atoms with Crippen molar-refractivity contribution in [1.82, 2.24) is 4.98 Å². The molecule has 0 N–H and O–H groups in total. The van der Waals surface area contributed by atoms with Crippen molar-refractivity contribution in [3.05, 3.63) is 95.1 Å². The van der Waals surface area contributed by atoms with Crippen molar-refractivity contribution >= 4 is 38.8 Å². The first kappa shape index (κ1) is 18.1. The van der Waals surface area contributed by atoms with E-state index in [0.717, 1.165) is 21.3 Å². The fraction of sp³-hybridized carbons (Fsp3) is 0.0870. The van der Waals surface area contributed by atoms with E-state index in [1.807, 2.05) is 68.4 Å². The first-order valence-electron chi connectivity index (χ1n) is 8.97. The molecule has 0 fully saturated rings. The Morgan fingerprint density at radius 3 is 2.43 bits per heavy atom. The molecule has 1 heterocycles. The number of aromatic nitrogens is 1. The minimum atomic E-state index is -0.209. The van der Waals surface area contributed by atoms with Gasteiger partial charge in [-0.2, -0.15) is 10.1 Å². The molecule has 5 heteroatoms. The number of carbonyl (C=O) groups is 1. The van der Waals surface area contributed by atoms with Gasteiger partial charge in [0.05, 0.1) is 16.4 Å². The van der Waals surface area contributed by atoms with Crippen LogP contribution in [-0.2, 0) is 0 Å². The Kier molecular flexibility index (Phi) is 5.00. The Morgan fingerprint density at radius 2 is 1.68 bits per heavy atom. The molecule has 3 aromatic carbocycles. The molecule has 0 aliphatic heterocycles. The molecule has 0 saturated carbocycles. The van der Waals surface area contributed by atoms with E-state index >= 15 is 0 Å². The third kappa shape index (κ3) is 3.85. The van der Waals surface area contributed by atoms with Crippen LogP contribution in [0.2, 0.25) is 0 Å². The summed E-state index contributed by atoms with van der Waals surface area (Å²) in [5, 5.41) is 6.43. The Labute approximate surface area is 167 Å². The number of benzene rings is 3. The van der Waals surface area contributed by atoms with E-state index in [9.17, 15) is 4.79 Å². The third-order valence-electron chi connectivity index (χ3n) is 4.33. The second-order valence-corrected chi connectivity index (χ2v) is 7.61. The quantitative estimate of drug-likeness (QED) is 0.339. The highest BCUT2D eigenvalue weighted by molar-refractivity contribution is 7.22. The van der Waals surface area contributed by atoms with Crippen LogP contribution < -0.4 is 5.01 Å². The van der Waals surface area contributed by atoms with Gasteiger partial charge >= 0.3 is 0 Å². The van der Waals surface area contributed by atoms with E-state index in [1.165, 1.54) is 21.9 Å². The summed E-state index contributed by atoms with van der Waals surface area (Å²) >= 11 is 1.46. The maximum Gasteiger partial charge on any atom is 0.280 e. The zero-order valence-electron chi connectivity index (χ0n) is 15.7. The molecular formula is C23H19N3OS. The second kappa shape index (κ2) is 7.74. The van der Waals surface area contributed by atoms with Crippen molar-refractivity contribution in [3.63, 3.8) is 0 Å². The number of thiazole rings is 1. The van der Waals surface area contributed by atoms with Gasteiger partial charge in [-0.15, -0.1) is 0 Å². The van der Waals surface area contributed by atoms with Crippen molar-refractivity contribution in [1.29, 1.82) is 0 Å². The summed E-state index contributed by atoms with van der Waals surface area (Å²) in [4.78, 5) is 17.8. The lowest BCUT2D eigenvalue weighted by atomic mass is 10.2. The fourth-order valence-electron chi connectivity index (χ4n) is 2.78. The van der Waals surface area contributed by atoms with Crippen molar-refractivity contribution in [2.24, 2.45) is 5.10 Å². The summed E-state index contributed by atoms with van der Waals surface area (Å²) in [7, 11) is 0. The van der Waals surface area contributed by atoms with Crippen LogP contribution in [0.3, 0.4) is 0 Å². The summed E-state index contributed by atoms with van der Waals surface area (Å²) in [5.74, 6) is -0.209. The molecule has 4 nitrogen and oxygen atoms in total. The normalized spacial score (nSPS) is 11.2. The summed E-state index contributed by atoms with van der Waals surface area (Å²) in [5.41, 5.74) is 4.69. The average Bonchev–Trinajstić information content (AvgIpc) is 3.13. The summed E-state index contributed by atoms with van der Waals surface area (Å²) in [6, 6.07) is 23.2. The Bertz CT molecular complexity index is 1150. The van der Waals surface area contributed by atoms with Crippen LogP contribution in [0.15, 0.2) is 77.9 Å². The molecule has 0 bridgehead atoms. The van der Waals surface area contributed by atoms with E-state index < -0.39 is 0 Å². The number of carbonyl (C=O) groups excluding carboxylic acids is 1. The smallest absolute Gasteiger partial charge is 0.267 e. The molecule has 0 atom stereocenters. The van der Waals surface area contributed by atoms with Gasteiger partial charge in [0.2, 0.25) is 5.13 Å². The predicted molar refractivity (Wildman–Crippen MR) is 116 cm³/mol. The number of amides is 1. The highest BCUT2D eigenvalue weighted by Gasteiger charge is 2.20. The highest BCUT2D eigenvalue weighted by Crippen LogP contribution is 2.30. The largest absolute Gasteiger partial charge is 0.280 e. The molecule has 138 valence electrons. The number of fused-ring (bicyclic) bond motifs is 1. The maximum absolute atomic E-state index is 13.1. The van der Waals surface area contributed by atoms with E-state index in [0.29, 0.717) is 10.7 Å². The lowest BCUT2D eigenvalue weighted by Crippen LogP contribution is -2.25.